The molecule has 1 aliphatic heterocycles. The van der Waals surface area contributed by atoms with Gasteiger partial charge in [0.15, 0.2) is 5.82 Å². The first-order chi connectivity index (χ1) is 8.29. The Hall–Kier alpha value is -1.40. The first kappa shape index (κ1) is 12.1. The fourth-order valence-electron chi connectivity index (χ4n) is 2.02. The summed E-state index contributed by atoms with van der Waals surface area (Å²) in [6.07, 6.45) is 6.02. The van der Waals surface area contributed by atoms with Crippen molar-refractivity contribution in [3.05, 3.63) is 12.4 Å². The van der Waals surface area contributed by atoms with Crippen LogP contribution in [0.3, 0.4) is 0 Å². The topological polar surface area (TPSA) is 70.3 Å². The summed E-state index contributed by atoms with van der Waals surface area (Å²) >= 11 is 0. The van der Waals surface area contributed by atoms with Crippen molar-refractivity contribution in [3.63, 3.8) is 0 Å². The molecule has 94 valence electrons. The maximum absolute atomic E-state index is 5.31. The molecule has 6 nitrogen and oxygen atoms in total. The SMILES string of the molecule is CN(CCN1CCCC1)c1cncc(NN)n1. The normalized spacial score (nSPS) is 16.1. The number of likely N-dealkylation sites (tertiary alicyclic amines) is 1. The lowest BCUT2D eigenvalue weighted by Crippen LogP contribution is -2.32. The predicted molar refractivity (Wildman–Crippen MR) is 68.8 cm³/mol. The second kappa shape index (κ2) is 5.79. The third kappa shape index (κ3) is 3.28. The van der Waals surface area contributed by atoms with Crippen LogP contribution in [0.4, 0.5) is 11.6 Å². The lowest BCUT2D eigenvalue weighted by atomic mass is 10.4. The van der Waals surface area contributed by atoms with E-state index in [0.29, 0.717) is 5.82 Å². The van der Waals surface area contributed by atoms with E-state index >= 15 is 0 Å². The minimum Gasteiger partial charge on any atom is -0.357 e. The Morgan fingerprint density at radius 3 is 2.88 bits per heavy atom. The summed E-state index contributed by atoms with van der Waals surface area (Å²) in [5.41, 5.74) is 2.51. The van der Waals surface area contributed by atoms with Gasteiger partial charge in [0.2, 0.25) is 0 Å². The Morgan fingerprint density at radius 2 is 2.18 bits per heavy atom. The van der Waals surface area contributed by atoms with Crippen molar-refractivity contribution in [2.75, 3.05) is 43.6 Å². The monoisotopic (exact) mass is 236 g/mol. The van der Waals surface area contributed by atoms with Crippen molar-refractivity contribution in [1.82, 2.24) is 14.9 Å². The molecule has 0 amide bonds. The maximum atomic E-state index is 5.31. The third-order valence-corrected chi connectivity index (χ3v) is 3.11. The second-order valence-corrected chi connectivity index (χ2v) is 4.38. The van der Waals surface area contributed by atoms with Crippen molar-refractivity contribution < 1.29 is 0 Å². The van der Waals surface area contributed by atoms with Crippen molar-refractivity contribution in [2.24, 2.45) is 5.84 Å². The van der Waals surface area contributed by atoms with Gasteiger partial charge in [-0.1, -0.05) is 0 Å². The molecule has 0 aliphatic carbocycles. The molecule has 0 aromatic carbocycles. The fraction of sp³-hybridized carbons (Fsp3) is 0.636. The number of hydrazine groups is 1. The maximum Gasteiger partial charge on any atom is 0.160 e. The number of hydrogen-bond acceptors (Lipinski definition) is 6. The Labute approximate surface area is 102 Å². The van der Waals surface area contributed by atoms with Gasteiger partial charge in [0.25, 0.3) is 0 Å². The first-order valence-corrected chi connectivity index (χ1v) is 6.02. The van der Waals surface area contributed by atoms with Crippen molar-refractivity contribution in [2.45, 2.75) is 12.8 Å². The zero-order valence-electron chi connectivity index (χ0n) is 10.3. The Kier molecular flexibility index (Phi) is 4.11. The van der Waals surface area contributed by atoms with E-state index in [9.17, 15) is 0 Å². The molecular formula is C11H20N6. The summed E-state index contributed by atoms with van der Waals surface area (Å²) in [5.74, 6) is 6.75. The van der Waals surface area contributed by atoms with Crippen LogP contribution in [0.2, 0.25) is 0 Å². The molecule has 0 bridgehead atoms. The molecule has 1 aromatic heterocycles. The van der Waals surface area contributed by atoms with Crippen LogP contribution < -0.4 is 16.2 Å². The molecule has 1 aliphatic rings. The Bertz CT molecular complexity index is 350. The molecule has 1 saturated heterocycles. The molecule has 0 radical (unpaired) electrons. The minimum absolute atomic E-state index is 0.593. The van der Waals surface area contributed by atoms with E-state index in [2.05, 4.69) is 25.2 Å². The second-order valence-electron chi connectivity index (χ2n) is 4.38. The highest BCUT2D eigenvalue weighted by atomic mass is 15.3. The number of rotatable bonds is 5. The van der Waals surface area contributed by atoms with Gasteiger partial charge in [-0.15, -0.1) is 0 Å². The van der Waals surface area contributed by atoms with Gasteiger partial charge in [-0.05, 0) is 25.9 Å². The van der Waals surface area contributed by atoms with E-state index in [0.717, 1.165) is 18.9 Å². The Balaban J connectivity index is 1.87. The molecule has 0 unspecified atom stereocenters. The van der Waals surface area contributed by atoms with Gasteiger partial charge in [0.1, 0.15) is 5.82 Å². The molecule has 0 spiro atoms. The van der Waals surface area contributed by atoms with Crippen LogP contribution in [0.25, 0.3) is 0 Å². The van der Waals surface area contributed by atoms with Crippen LogP contribution in [-0.4, -0.2) is 48.1 Å². The average Bonchev–Trinajstić information content (AvgIpc) is 2.89. The average molecular weight is 236 g/mol. The molecule has 2 heterocycles. The van der Waals surface area contributed by atoms with Crippen molar-refractivity contribution in [1.29, 1.82) is 0 Å². The van der Waals surface area contributed by atoms with E-state index in [1.165, 1.54) is 25.9 Å². The van der Waals surface area contributed by atoms with Gasteiger partial charge < -0.3 is 15.2 Å². The quantitative estimate of drug-likeness (QED) is 0.566. The summed E-state index contributed by atoms with van der Waals surface area (Å²) in [7, 11) is 2.03. The van der Waals surface area contributed by atoms with E-state index in [1.54, 1.807) is 12.4 Å². The number of nitrogens with one attached hydrogen (secondary N) is 1. The summed E-state index contributed by atoms with van der Waals surface area (Å²) in [4.78, 5) is 13.0. The minimum atomic E-state index is 0.593. The van der Waals surface area contributed by atoms with Crippen LogP contribution in [0.5, 0.6) is 0 Å². The number of nitrogen functional groups attached to an aromatic ring is 1. The number of nitrogens with two attached hydrogens (primary N) is 1. The highest BCUT2D eigenvalue weighted by Crippen LogP contribution is 2.11. The lowest BCUT2D eigenvalue weighted by Gasteiger charge is -2.22. The number of anilines is 2. The standard InChI is InChI=1S/C11H20N6/c1-16(6-7-17-4-2-3-5-17)11-9-13-8-10(14-11)15-12/h8-9H,2-7,12H2,1H3,(H,14,15). The van der Waals surface area contributed by atoms with Crippen LogP contribution >= 0.6 is 0 Å². The molecule has 1 aromatic rings. The zero-order chi connectivity index (χ0) is 12.1. The number of hydrogen-bond donors (Lipinski definition) is 2. The third-order valence-electron chi connectivity index (χ3n) is 3.11. The van der Waals surface area contributed by atoms with E-state index in [-0.39, 0.29) is 0 Å². The molecule has 3 N–H and O–H groups in total. The largest absolute Gasteiger partial charge is 0.357 e. The zero-order valence-corrected chi connectivity index (χ0v) is 10.3. The van der Waals surface area contributed by atoms with Crippen LogP contribution in [0.1, 0.15) is 12.8 Å². The van der Waals surface area contributed by atoms with Crippen LogP contribution in [0.15, 0.2) is 12.4 Å². The lowest BCUT2D eigenvalue weighted by molar-refractivity contribution is 0.346. The highest BCUT2D eigenvalue weighted by molar-refractivity contribution is 5.42. The van der Waals surface area contributed by atoms with Gasteiger partial charge in [-0.2, -0.15) is 0 Å². The summed E-state index contributed by atoms with van der Waals surface area (Å²) in [6, 6.07) is 0. The highest BCUT2D eigenvalue weighted by Gasteiger charge is 2.12. The smallest absolute Gasteiger partial charge is 0.160 e. The molecule has 1 fully saturated rings. The van der Waals surface area contributed by atoms with E-state index in [4.69, 9.17) is 5.84 Å². The van der Waals surface area contributed by atoms with Gasteiger partial charge in [0, 0.05) is 20.1 Å². The number of likely N-dealkylation sites (N-methyl/N-ethyl adjacent to an activating group) is 1. The summed E-state index contributed by atoms with van der Waals surface area (Å²) < 4.78 is 0. The van der Waals surface area contributed by atoms with Gasteiger partial charge in [0.05, 0.1) is 12.4 Å². The molecule has 0 atom stereocenters. The molecule has 17 heavy (non-hydrogen) atoms. The van der Waals surface area contributed by atoms with Crippen LogP contribution in [0, 0.1) is 0 Å². The van der Waals surface area contributed by atoms with Crippen molar-refractivity contribution >= 4 is 11.6 Å². The molecular weight excluding hydrogens is 216 g/mol. The molecule has 6 heteroatoms. The fourth-order valence-corrected chi connectivity index (χ4v) is 2.02. The van der Waals surface area contributed by atoms with Gasteiger partial charge in [-0.25, -0.2) is 10.8 Å². The predicted octanol–water partition coefficient (Wildman–Crippen LogP) is 0.294. The number of aromatic nitrogens is 2. The summed E-state index contributed by atoms with van der Waals surface area (Å²) in [6.45, 7) is 4.50. The van der Waals surface area contributed by atoms with E-state index < -0.39 is 0 Å². The molecule has 2 rings (SSSR count). The van der Waals surface area contributed by atoms with Gasteiger partial charge >= 0.3 is 0 Å². The van der Waals surface area contributed by atoms with E-state index in [1.807, 2.05) is 7.05 Å². The van der Waals surface area contributed by atoms with Crippen molar-refractivity contribution in [3.8, 4) is 0 Å². The molecule has 0 saturated carbocycles. The van der Waals surface area contributed by atoms with Crippen LogP contribution in [-0.2, 0) is 0 Å². The Morgan fingerprint density at radius 1 is 1.41 bits per heavy atom. The first-order valence-electron chi connectivity index (χ1n) is 6.02. The number of nitrogens with zero attached hydrogens (tertiary/aromatic N) is 4. The summed E-state index contributed by atoms with van der Waals surface area (Å²) in [5, 5.41) is 0. The van der Waals surface area contributed by atoms with Gasteiger partial charge in [-0.3, -0.25) is 4.98 Å².